The number of nitrogens with zero attached hydrogens (tertiary/aromatic N) is 5. The summed E-state index contributed by atoms with van der Waals surface area (Å²) in [7, 11) is 2.12. The van der Waals surface area contributed by atoms with E-state index in [-0.39, 0.29) is 0 Å². The van der Waals surface area contributed by atoms with Gasteiger partial charge in [-0.2, -0.15) is 0 Å². The van der Waals surface area contributed by atoms with E-state index < -0.39 is 0 Å². The normalized spacial score (nSPS) is 16.9. The Labute approximate surface area is 131 Å². The number of piperidine rings is 1. The van der Waals surface area contributed by atoms with Crippen LogP contribution in [0.2, 0.25) is 0 Å². The first-order chi connectivity index (χ1) is 10.6. The van der Waals surface area contributed by atoms with Crippen LogP contribution in [-0.2, 0) is 6.54 Å². The van der Waals surface area contributed by atoms with Gasteiger partial charge in [-0.05, 0) is 26.7 Å². The third-order valence-corrected chi connectivity index (χ3v) is 4.28. The van der Waals surface area contributed by atoms with Crippen LogP contribution in [-0.4, -0.2) is 46.0 Å². The van der Waals surface area contributed by atoms with E-state index in [2.05, 4.69) is 31.8 Å². The van der Waals surface area contributed by atoms with E-state index in [0.29, 0.717) is 6.04 Å². The molecule has 22 heavy (non-hydrogen) atoms. The van der Waals surface area contributed by atoms with Crippen LogP contribution in [0.15, 0.2) is 23.0 Å². The highest BCUT2D eigenvalue weighted by Gasteiger charge is 2.24. The topological polar surface area (TPSA) is 58.3 Å². The van der Waals surface area contributed by atoms with E-state index in [1.807, 2.05) is 19.9 Å². The van der Waals surface area contributed by atoms with Gasteiger partial charge in [0.1, 0.15) is 17.9 Å². The van der Waals surface area contributed by atoms with E-state index >= 15 is 0 Å². The van der Waals surface area contributed by atoms with Crippen LogP contribution in [0.5, 0.6) is 0 Å². The standard InChI is InChI=1S/C16H23N5O/c1-12-8-15(19-11-18-12)20(3)14-4-6-21(7-5-14)10-16-17-9-13(2)22-16/h8-9,11,14H,4-7,10H2,1-3H3. The van der Waals surface area contributed by atoms with Crippen LogP contribution < -0.4 is 4.90 Å². The molecule has 6 heteroatoms. The molecule has 1 aliphatic rings. The highest BCUT2D eigenvalue weighted by Crippen LogP contribution is 2.21. The molecule has 0 saturated carbocycles. The zero-order valence-corrected chi connectivity index (χ0v) is 13.5. The van der Waals surface area contributed by atoms with Gasteiger partial charge in [-0.3, -0.25) is 4.90 Å². The van der Waals surface area contributed by atoms with Crippen molar-refractivity contribution in [3.8, 4) is 0 Å². The number of rotatable bonds is 4. The minimum atomic E-state index is 0.525. The van der Waals surface area contributed by atoms with E-state index in [1.165, 1.54) is 0 Å². The first-order valence-electron chi connectivity index (χ1n) is 7.77. The Morgan fingerprint density at radius 1 is 1.23 bits per heavy atom. The number of anilines is 1. The number of hydrogen-bond acceptors (Lipinski definition) is 6. The fraction of sp³-hybridized carbons (Fsp3) is 0.562. The van der Waals surface area contributed by atoms with Crippen molar-refractivity contribution in [1.82, 2.24) is 19.9 Å². The van der Waals surface area contributed by atoms with Crippen molar-refractivity contribution in [2.75, 3.05) is 25.0 Å². The second-order valence-corrected chi connectivity index (χ2v) is 6.00. The molecule has 0 aromatic carbocycles. The van der Waals surface area contributed by atoms with Crippen LogP contribution in [0.1, 0.15) is 30.2 Å². The van der Waals surface area contributed by atoms with Gasteiger partial charge in [0.2, 0.25) is 5.89 Å². The summed E-state index contributed by atoms with van der Waals surface area (Å²) in [4.78, 5) is 17.5. The molecule has 0 N–H and O–H groups in total. The van der Waals surface area contributed by atoms with Gasteiger partial charge in [-0.1, -0.05) is 0 Å². The van der Waals surface area contributed by atoms with Crippen molar-refractivity contribution in [3.05, 3.63) is 35.9 Å². The Morgan fingerprint density at radius 3 is 2.64 bits per heavy atom. The molecule has 1 aliphatic heterocycles. The molecule has 1 fully saturated rings. The monoisotopic (exact) mass is 301 g/mol. The third-order valence-electron chi connectivity index (χ3n) is 4.28. The lowest BCUT2D eigenvalue weighted by Gasteiger charge is -2.36. The van der Waals surface area contributed by atoms with Gasteiger partial charge in [0.25, 0.3) is 0 Å². The summed E-state index contributed by atoms with van der Waals surface area (Å²) < 4.78 is 5.56. The Bertz CT molecular complexity index is 619. The van der Waals surface area contributed by atoms with Crippen molar-refractivity contribution in [3.63, 3.8) is 0 Å². The quantitative estimate of drug-likeness (QED) is 0.862. The summed E-state index contributed by atoms with van der Waals surface area (Å²) in [6.07, 6.45) is 5.67. The van der Waals surface area contributed by atoms with Crippen molar-refractivity contribution >= 4 is 5.82 Å². The van der Waals surface area contributed by atoms with Gasteiger partial charge in [-0.15, -0.1) is 0 Å². The fourth-order valence-corrected chi connectivity index (χ4v) is 2.95. The maximum atomic E-state index is 5.56. The van der Waals surface area contributed by atoms with Gasteiger partial charge in [0.15, 0.2) is 0 Å². The molecule has 0 bridgehead atoms. The second kappa shape index (κ2) is 6.44. The molecular formula is C16H23N5O. The zero-order chi connectivity index (χ0) is 15.5. The van der Waals surface area contributed by atoms with E-state index in [9.17, 15) is 0 Å². The smallest absolute Gasteiger partial charge is 0.208 e. The molecule has 2 aromatic rings. The molecule has 0 aliphatic carbocycles. The Morgan fingerprint density at radius 2 is 2.00 bits per heavy atom. The Balaban J connectivity index is 1.55. The first-order valence-corrected chi connectivity index (χ1v) is 7.77. The minimum Gasteiger partial charge on any atom is -0.445 e. The van der Waals surface area contributed by atoms with E-state index in [0.717, 1.165) is 55.6 Å². The lowest BCUT2D eigenvalue weighted by molar-refractivity contribution is 0.185. The number of aryl methyl sites for hydroxylation is 2. The maximum absolute atomic E-state index is 5.56. The number of oxazole rings is 1. The summed E-state index contributed by atoms with van der Waals surface area (Å²) in [6.45, 7) is 6.85. The summed E-state index contributed by atoms with van der Waals surface area (Å²) in [5, 5.41) is 0. The summed E-state index contributed by atoms with van der Waals surface area (Å²) in [5.41, 5.74) is 1.01. The minimum absolute atomic E-state index is 0.525. The molecule has 1 saturated heterocycles. The van der Waals surface area contributed by atoms with Gasteiger partial charge in [-0.25, -0.2) is 15.0 Å². The molecule has 0 unspecified atom stereocenters. The highest BCUT2D eigenvalue weighted by atomic mass is 16.4. The number of aromatic nitrogens is 3. The fourth-order valence-electron chi connectivity index (χ4n) is 2.95. The van der Waals surface area contributed by atoms with Crippen LogP contribution in [0.4, 0.5) is 5.82 Å². The molecule has 6 nitrogen and oxygen atoms in total. The van der Waals surface area contributed by atoms with Crippen molar-refractivity contribution < 1.29 is 4.42 Å². The molecule has 2 aromatic heterocycles. The lowest BCUT2D eigenvalue weighted by atomic mass is 10.0. The molecular weight excluding hydrogens is 278 g/mol. The third kappa shape index (κ3) is 3.44. The van der Waals surface area contributed by atoms with Crippen LogP contribution in [0.25, 0.3) is 0 Å². The molecule has 0 atom stereocenters. The largest absolute Gasteiger partial charge is 0.445 e. The van der Waals surface area contributed by atoms with Crippen LogP contribution >= 0.6 is 0 Å². The average molecular weight is 301 g/mol. The van der Waals surface area contributed by atoms with Gasteiger partial charge >= 0.3 is 0 Å². The summed E-state index contributed by atoms with van der Waals surface area (Å²) in [5.74, 6) is 2.70. The molecule has 0 radical (unpaired) electrons. The molecule has 0 spiro atoms. The molecule has 3 rings (SSSR count). The summed E-state index contributed by atoms with van der Waals surface area (Å²) in [6, 6.07) is 2.57. The van der Waals surface area contributed by atoms with Crippen molar-refractivity contribution in [2.45, 2.75) is 39.3 Å². The number of hydrogen-bond donors (Lipinski definition) is 0. The number of likely N-dealkylation sites (tertiary alicyclic amines) is 1. The lowest BCUT2D eigenvalue weighted by Crippen LogP contribution is -2.43. The first kappa shape index (κ1) is 15.0. The maximum Gasteiger partial charge on any atom is 0.208 e. The van der Waals surface area contributed by atoms with Crippen LogP contribution in [0.3, 0.4) is 0 Å². The SMILES string of the molecule is Cc1cc(N(C)C2CCN(Cc3ncc(C)o3)CC2)ncn1. The Hall–Kier alpha value is -1.95. The molecule has 118 valence electrons. The zero-order valence-electron chi connectivity index (χ0n) is 13.5. The highest BCUT2D eigenvalue weighted by molar-refractivity contribution is 5.39. The van der Waals surface area contributed by atoms with Gasteiger partial charge in [0.05, 0.1) is 12.7 Å². The second-order valence-electron chi connectivity index (χ2n) is 6.00. The Kier molecular flexibility index (Phi) is 4.38. The summed E-state index contributed by atoms with van der Waals surface area (Å²) >= 11 is 0. The van der Waals surface area contributed by atoms with Crippen molar-refractivity contribution in [1.29, 1.82) is 0 Å². The predicted octanol–water partition coefficient (Wildman–Crippen LogP) is 2.18. The van der Waals surface area contributed by atoms with Gasteiger partial charge < -0.3 is 9.32 Å². The average Bonchev–Trinajstić information content (AvgIpc) is 2.92. The molecule has 3 heterocycles. The molecule has 0 amide bonds. The van der Waals surface area contributed by atoms with Crippen molar-refractivity contribution in [2.24, 2.45) is 0 Å². The van der Waals surface area contributed by atoms with Gasteiger partial charge in [0, 0.05) is 37.9 Å². The van der Waals surface area contributed by atoms with E-state index in [1.54, 1.807) is 12.5 Å². The van der Waals surface area contributed by atoms with E-state index in [4.69, 9.17) is 4.42 Å². The van der Waals surface area contributed by atoms with Crippen LogP contribution in [0, 0.1) is 13.8 Å². The predicted molar refractivity (Wildman–Crippen MR) is 84.7 cm³/mol.